The minimum Gasteiger partial charge on any atom is -0.493 e. The van der Waals surface area contributed by atoms with Crippen molar-refractivity contribution in [3.8, 4) is 5.75 Å². The number of hydrogen-bond donors (Lipinski definition) is 1. The number of para-hydroxylation sites is 1. The number of benzene rings is 2. The van der Waals surface area contributed by atoms with Crippen molar-refractivity contribution in [3.05, 3.63) is 65.7 Å². The fraction of sp³-hybridized carbons (Fsp3) is 0.429. The van der Waals surface area contributed by atoms with Gasteiger partial charge in [0.1, 0.15) is 5.75 Å². The lowest BCUT2D eigenvalue weighted by molar-refractivity contribution is 0.0421. The quantitative estimate of drug-likeness (QED) is 0.822. The summed E-state index contributed by atoms with van der Waals surface area (Å²) in [5, 5.41) is 10.1. The van der Waals surface area contributed by atoms with Crippen molar-refractivity contribution in [2.24, 2.45) is 5.41 Å². The standard InChI is InChI=1S/C21H25NO3/c23-15-21-14-22(10-11-24-13-17-6-2-1-3-7-17)12-19(21)18-8-4-5-9-20(18)25-16-21/h1-9,19,23H,10-16H2/t19-,21-/m1/s1. The first-order valence-electron chi connectivity index (χ1n) is 8.97. The van der Waals surface area contributed by atoms with Crippen molar-refractivity contribution in [3.63, 3.8) is 0 Å². The number of likely N-dealkylation sites (tertiary alicyclic amines) is 1. The van der Waals surface area contributed by atoms with Crippen LogP contribution in [0.25, 0.3) is 0 Å². The van der Waals surface area contributed by atoms with E-state index in [9.17, 15) is 5.11 Å². The van der Waals surface area contributed by atoms with Crippen LogP contribution in [-0.4, -0.2) is 49.5 Å². The van der Waals surface area contributed by atoms with Gasteiger partial charge >= 0.3 is 0 Å². The van der Waals surface area contributed by atoms with Crippen molar-refractivity contribution in [2.75, 3.05) is 39.5 Å². The zero-order valence-corrected chi connectivity index (χ0v) is 14.4. The van der Waals surface area contributed by atoms with Gasteiger partial charge in [-0.15, -0.1) is 0 Å². The summed E-state index contributed by atoms with van der Waals surface area (Å²) in [6.07, 6.45) is 0. The molecule has 2 aliphatic rings. The Kier molecular flexibility index (Phi) is 4.75. The van der Waals surface area contributed by atoms with E-state index in [1.54, 1.807) is 0 Å². The van der Waals surface area contributed by atoms with Gasteiger partial charge in [-0.05, 0) is 17.2 Å². The molecule has 0 amide bonds. The largest absolute Gasteiger partial charge is 0.493 e. The van der Waals surface area contributed by atoms with Crippen LogP contribution in [0.1, 0.15) is 17.0 Å². The second kappa shape index (κ2) is 7.16. The molecule has 1 N–H and O–H groups in total. The summed E-state index contributed by atoms with van der Waals surface area (Å²) < 4.78 is 11.8. The zero-order valence-electron chi connectivity index (χ0n) is 14.4. The number of aliphatic hydroxyl groups excluding tert-OH is 1. The van der Waals surface area contributed by atoms with E-state index in [1.807, 2.05) is 30.3 Å². The van der Waals surface area contributed by atoms with Gasteiger partial charge in [-0.3, -0.25) is 4.90 Å². The highest BCUT2D eigenvalue weighted by atomic mass is 16.5. The zero-order chi connectivity index (χ0) is 17.1. The molecule has 0 bridgehead atoms. The number of ether oxygens (including phenoxy) is 2. The van der Waals surface area contributed by atoms with Crippen LogP contribution in [0.2, 0.25) is 0 Å². The topological polar surface area (TPSA) is 41.9 Å². The van der Waals surface area contributed by atoms with Crippen molar-refractivity contribution >= 4 is 0 Å². The van der Waals surface area contributed by atoms with Crippen LogP contribution >= 0.6 is 0 Å². The van der Waals surface area contributed by atoms with Crippen LogP contribution in [0.4, 0.5) is 0 Å². The van der Waals surface area contributed by atoms with Crippen molar-refractivity contribution in [2.45, 2.75) is 12.5 Å². The molecule has 0 aliphatic carbocycles. The summed E-state index contributed by atoms with van der Waals surface area (Å²) in [6, 6.07) is 18.5. The number of rotatable bonds is 6. The van der Waals surface area contributed by atoms with Crippen molar-refractivity contribution in [1.29, 1.82) is 0 Å². The van der Waals surface area contributed by atoms with E-state index in [-0.39, 0.29) is 12.0 Å². The van der Waals surface area contributed by atoms with E-state index < -0.39 is 0 Å². The lowest BCUT2D eigenvalue weighted by Crippen LogP contribution is -2.42. The predicted molar refractivity (Wildman–Crippen MR) is 96.7 cm³/mol. The maximum Gasteiger partial charge on any atom is 0.122 e. The normalized spacial score (nSPS) is 25.2. The minimum atomic E-state index is -0.187. The van der Waals surface area contributed by atoms with Gasteiger partial charge in [0.2, 0.25) is 0 Å². The molecule has 1 fully saturated rings. The third kappa shape index (κ3) is 3.30. The average Bonchev–Trinajstić information content (AvgIpc) is 3.06. The van der Waals surface area contributed by atoms with Crippen LogP contribution < -0.4 is 4.74 Å². The maximum atomic E-state index is 10.1. The van der Waals surface area contributed by atoms with E-state index in [4.69, 9.17) is 9.47 Å². The Hall–Kier alpha value is -1.88. The van der Waals surface area contributed by atoms with Gasteiger partial charge in [-0.2, -0.15) is 0 Å². The van der Waals surface area contributed by atoms with E-state index in [1.165, 1.54) is 11.1 Å². The van der Waals surface area contributed by atoms with E-state index >= 15 is 0 Å². The summed E-state index contributed by atoms with van der Waals surface area (Å²) in [5.74, 6) is 1.30. The van der Waals surface area contributed by atoms with E-state index in [0.29, 0.717) is 25.7 Å². The van der Waals surface area contributed by atoms with Crippen LogP contribution in [0.5, 0.6) is 5.75 Å². The Morgan fingerprint density at radius 3 is 2.76 bits per heavy atom. The number of fused-ring (bicyclic) bond motifs is 3. The molecule has 2 aromatic carbocycles. The monoisotopic (exact) mass is 339 g/mol. The predicted octanol–water partition coefficient (Wildman–Crippen LogP) is 2.67. The molecule has 2 aliphatic heterocycles. The smallest absolute Gasteiger partial charge is 0.122 e. The van der Waals surface area contributed by atoms with Gasteiger partial charge in [-0.25, -0.2) is 0 Å². The number of hydrogen-bond acceptors (Lipinski definition) is 4. The van der Waals surface area contributed by atoms with Gasteiger partial charge in [0, 0.05) is 31.0 Å². The molecule has 1 saturated heterocycles. The Bertz CT molecular complexity index is 705. The van der Waals surface area contributed by atoms with Crippen LogP contribution in [0.15, 0.2) is 54.6 Å². The fourth-order valence-corrected chi connectivity index (χ4v) is 4.10. The van der Waals surface area contributed by atoms with Crippen LogP contribution in [0.3, 0.4) is 0 Å². The summed E-state index contributed by atoms with van der Waals surface area (Å²) in [4.78, 5) is 2.40. The molecule has 4 rings (SSSR count). The third-order valence-corrected chi connectivity index (χ3v) is 5.51. The second-order valence-corrected chi connectivity index (χ2v) is 7.17. The highest BCUT2D eigenvalue weighted by molar-refractivity contribution is 5.41. The molecule has 2 heterocycles. The summed E-state index contributed by atoms with van der Waals surface area (Å²) in [6.45, 7) is 4.79. The van der Waals surface area contributed by atoms with Gasteiger partial charge in [0.15, 0.2) is 0 Å². The first-order valence-corrected chi connectivity index (χ1v) is 8.97. The van der Waals surface area contributed by atoms with Crippen molar-refractivity contribution in [1.82, 2.24) is 4.90 Å². The Labute approximate surface area is 149 Å². The maximum absolute atomic E-state index is 10.1. The molecule has 0 saturated carbocycles. The minimum absolute atomic E-state index is 0.160. The lowest BCUT2D eigenvalue weighted by Gasteiger charge is -2.38. The lowest BCUT2D eigenvalue weighted by atomic mass is 9.74. The Morgan fingerprint density at radius 1 is 1.12 bits per heavy atom. The summed E-state index contributed by atoms with van der Waals surface area (Å²) in [7, 11) is 0. The molecule has 25 heavy (non-hydrogen) atoms. The Morgan fingerprint density at radius 2 is 1.92 bits per heavy atom. The second-order valence-electron chi connectivity index (χ2n) is 7.17. The molecule has 2 atom stereocenters. The number of aliphatic hydroxyl groups is 1. The highest BCUT2D eigenvalue weighted by Gasteiger charge is 2.50. The third-order valence-electron chi connectivity index (χ3n) is 5.51. The molecule has 2 aromatic rings. The molecular weight excluding hydrogens is 314 g/mol. The van der Waals surface area contributed by atoms with Crippen molar-refractivity contribution < 1.29 is 14.6 Å². The van der Waals surface area contributed by atoms with E-state index in [0.717, 1.165) is 25.4 Å². The first-order chi connectivity index (χ1) is 12.3. The molecule has 0 spiro atoms. The number of nitrogens with zero attached hydrogens (tertiary/aromatic N) is 1. The summed E-state index contributed by atoms with van der Waals surface area (Å²) >= 11 is 0. The average molecular weight is 339 g/mol. The van der Waals surface area contributed by atoms with Gasteiger partial charge in [0.25, 0.3) is 0 Å². The van der Waals surface area contributed by atoms with Gasteiger partial charge in [-0.1, -0.05) is 48.5 Å². The molecule has 4 heteroatoms. The van der Waals surface area contributed by atoms with E-state index in [2.05, 4.69) is 29.2 Å². The van der Waals surface area contributed by atoms with Gasteiger partial charge < -0.3 is 14.6 Å². The van der Waals surface area contributed by atoms with Crippen LogP contribution in [0, 0.1) is 5.41 Å². The highest BCUT2D eigenvalue weighted by Crippen LogP contribution is 2.49. The SMILES string of the molecule is OC[C@]12COc3ccccc3[C@H]1CN(CCOCc1ccccc1)C2. The fourth-order valence-electron chi connectivity index (χ4n) is 4.10. The van der Waals surface area contributed by atoms with Crippen LogP contribution in [-0.2, 0) is 11.3 Å². The molecule has 4 nitrogen and oxygen atoms in total. The summed E-state index contributed by atoms with van der Waals surface area (Å²) in [5.41, 5.74) is 2.25. The molecule has 132 valence electrons. The Balaban J connectivity index is 1.36. The molecule has 0 unspecified atom stereocenters. The van der Waals surface area contributed by atoms with Gasteiger partial charge in [0.05, 0.1) is 26.4 Å². The molecular formula is C21H25NO3. The first kappa shape index (κ1) is 16.6. The molecule has 0 aromatic heterocycles. The molecule has 0 radical (unpaired) electrons.